The molecule has 172 valence electrons. The predicted molar refractivity (Wildman–Crippen MR) is 126 cm³/mol. The van der Waals surface area contributed by atoms with Crippen LogP contribution in [0.25, 0.3) is 11.1 Å². The molecule has 1 fully saturated rings. The maximum Gasteiger partial charge on any atom is 0.213 e. The fourth-order valence-corrected chi connectivity index (χ4v) is 5.01. The molecule has 1 aromatic heterocycles. The smallest absolute Gasteiger partial charge is 0.213 e. The van der Waals surface area contributed by atoms with Crippen molar-refractivity contribution in [3.63, 3.8) is 0 Å². The quantitative estimate of drug-likeness (QED) is 0.468. The summed E-state index contributed by atoms with van der Waals surface area (Å²) >= 11 is 0. The van der Waals surface area contributed by atoms with Gasteiger partial charge >= 0.3 is 0 Å². The summed E-state index contributed by atoms with van der Waals surface area (Å²) in [4.78, 5) is 4.45. The van der Waals surface area contributed by atoms with Gasteiger partial charge in [-0.2, -0.15) is 0 Å². The number of rotatable bonds is 8. The third-order valence-electron chi connectivity index (χ3n) is 6.82. The van der Waals surface area contributed by atoms with Gasteiger partial charge in [0.05, 0.1) is 12.7 Å². The molecule has 5 heteroatoms. The highest BCUT2D eigenvalue weighted by atomic mass is 19.1. The molecule has 3 aromatic rings. The van der Waals surface area contributed by atoms with Crippen LogP contribution in [-0.2, 0) is 13.0 Å². The number of halogens is 1. The van der Waals surface area contributed by atoms with Gasteiger partial charge in [0.1, 0.15) is 18.2 Å². The third-order valence-corrected chi connectivity index (χ3v) is 6.82. The van der Waals surface area contributed by atoms with Gasteiger partial charge in [0.25, 0.3) is 0 Å². The Morgan fingerprint density at radius 1 is 1.12 bits per heavy atom. The monoisotopic (exact) mass is 447 g/mol. The molecule has 33 heavy (non-hydrogen) atoms. The highest BCUT2D eigenvalue weighted by molar-refractivity contribution is 5.72. The van der Waals surface area contributed by atoms with Gasteiger partial charge in [-0.25, -0.2) is 9.37 Å². The summed E-state index contributed by atoms with van der Waals surface area (Å²) in [5, 5.41) is 9.43. The Bertz CT molecular complexity index is 1170. The molecule has 1 N–H and O–H groups in total. The SMILES string of the molecule is Cc1cc(OCCC(C)O)cc(C)c1-c1ccc(F)c(COc2cc3c(cn2)C2CC2C3)c1. The highest BCUT2D eigenvalue weighted by Crippen LogP contribution is 2.56. The van der Waals surface area contributed by atoms with E-state index in [9.17, 15) is 9.50 Å². The number of hydrogen-bond acceptors (Lipinski definition) is 4. The number of benzene rings is 2. The summed E-state index contributed by atoms with van der Waals surface area (Å²) in [5.41, 5.74) is 7.33. The topological polar surface area (TPSA) is 51.6 Å². The van der Waals surface area contributed by atoms with Gasteiger partial charge in [-0.15, -0.1) is 0 Å². The summed E-state index contributed by atoms with van der Waals surface area (Å²) in [6.07, 6.45) is 4.54. The van der Waals surface area contributed by atoms with E-state index in [1.807, 2.05) is 50.4 Å². The van der Waals surface area contributed by atoms with E-state index in [1.165, 1.54) is 23.6 Å². The first-order valence-corrected chi connectivity index (χ1v) is 11.7. The lowest BCUT2D eigenvalue weighted by Gasteiger charge is -2.16. The number of aromatic nitrogens is 1. The van der Waals surface area contributed by atoms with Crippen LogP contribution in [0.15, 0.2) is 42.6 Å². The average Bonchev–Trinajstić information content (AvgIpc) is 3.44. The van der Waals surface area contributed by atoms with E-state index in [0.717, 1.165) is 40.3 Å². The van der Waals surface area contributed by atoms with Gasteiger partial charge in [0, 0.05) is 24.2 Å². The molecule has 3 unspecified atom stereocenters. The second-order valence-electron chi connectivity index (χ2n) is 9.54. The van der Waals surface area contributed by atoms with Crippen LogP contribution in [-0.4, -0.2) is 22.8 Å². The van der Waals surface area contributed by atoms with E-state index in [0.29, 0.717) is 30.4 Å². The Hall–Kier alpha value is -2.92. The molecule has 1 saturated carbocycles. The molecule has 2 aliphatic carbocycles. The van der Waals surface area contributed by atoms with E-state index in [2.05, 4.69) is 4.98 Å². The van der Waals surface area contributed by atoms with Gasteiger partial charge in [-0.1, -0.05) is 6.07 Å². The second kappa shape index (κ2) is 8.79. The number of aliphatic hydroxyl groups excluding tert-OH is 1. The number of ether oxygens (including phenoxy) is 2. The maximum atomic E-state index is 14.6. The first kappa shape index (κ1) is 21.9. The van der Waals surface area contributed by atoms with Gasteiger partial charge in [0.15, 0.2) is 0 Å². The van der Waals surface area contributed by atoms with Crippen LogP contribution in [0.1, 0.15) is 53.5 Å². The second-order valence-corrected chi connectivity index (χ2v) is 9.54. The lowest BCUT2D eigenvalue weighted by Crippen LogP contribution is -2.07. The standard InChI is InChI=1S/C28H30FNO3/c1-16-8-23(32-7-6-18(3)31)9-17(2)28(16)19-4-5-26(29)22(10-19)15-33-27-13-21-11-20-12-24(20)25(21)14-30-27/h4-5,8-10,13-14,18,20,24,31H,6-7,11-12,15H2,1-3H3. The molecule has 0 aliphatic heterocycles. The Morgan fingerprint density at radius 3 is 2.67 bits per heavy atom. The zero-order valence-corrected chi connectivity index (χ0v) is 19.4. The van der Waals surface area contributed by atoms with E-state index < -0.39 is 0 Å². The largest absolute Gasteiger partial charge is 0.493 e. The Labute approximate surface area is 194 Å². The fourth-order valence-electron chi connectivity index (χ4n) is 5.01. The number of fused-ring (bicyclic) bond motifs is 3. The normalized spacial score (nSPS) is 19.1. The first-order valence-electron chi connectivity index (χ1n) is 11.7. The minimum atomic E-state index is -0.385. The number of aryl methyl sites for hydroxylation is 2. The minimum Gasteiger partial charge on any atom is -0.493 e. The van der Waals surface area contributed by atoms with Crippen molar-refractivity contribution >= 4 is 0 Å². The highest BCUT2D eigenvalue weighted by Gasteiger charge is 2.45. The summed E-state index contributed by atoms with van der Waals surface area (Å²) in [7, 11) is 0. The predicted octanol–water partition coefficient (Wildman–Crippen LogP) is 5.89. The lowest BCUT2D eigenvalue weighted by atomic mass is 9.94. The van der Waals surface area contributed by atoms with Gasteiger partial charge < -0.3 is 14.6 Å². The summed E-state index contributed by atoms with van der Waals surface area (Å²) < 4.78 is 26.3. The van der Waals surface area contributed by atoms with Crippen LogP contribution in [0, 0.1) is 25.6 Å². The van der Waals surface area contributed by atoms with Crippen LogP contribution in [0.3, 0.4) is 0 Å². The van der Waals surface area contributed by atoms with Crippen molar-refractivity contribution in [2.75, 3.05) is 6.61 Å². The molecule has 2 aromatic carbocycles. The molecule has 5 rings (SSSR count). The molecule has 0 saturated heterocycles. The summed E-state index contributed by atoms with van der Waals surface area (Å²) in [6.45, 7) is 6.41. The molecule has 0 bridgehead atoms. The number of hydrogen-bond donors (Lipinski definition) is 1. The molecule has 1 heterocycles. The molecule has 3 atom stereocenters. The molecular weight excluding hydrogens is 417 g/mol. The Morgan fingerprint density at radius 2 is 1.91 bits per heavy atom. The van der Waals surface area contributed by atoms with Crippen molar-refractivity contribution in [1.82, 2.24) is 4.98 Å². The van der Waals surface area contributed by atoms with Crippen molar-refractivity contribution in [1.29, 1.82) is 0 Å². The number of nitrogens with zero attached hydrogens (tertiary/aromatic N) is 1. The van der Waals surface area contributed by atoms with Gasteiger partial charge in [-0.3, -0.25) is 0 Å². The fraction of sp³-hybridized carbons (Fsp3) is 0.393. The van der Waals surface area contributed by atoms with E-state index in [4.69, 9.17) is 9.47 Å². The lowest BCUT2D eigenvalue weighted by molar-refractivity contribution is 0.155. The minimum absolute atomic E-state index is 0.136. The van der Waals surface area contributed by atoms with Crippen molar-refractivity contribution < 1.29 is 19.0 Å². The maximum absolute atomic E-state index is 14.6. The summed E-state index contributed by atoms with van der Waals surface area (Å²) in [6, 6.07) is 11.2. The number of aliphatic hydroxyl groups is 1. The first-order chi connectivity index (χ1) is 15.9. The van der Waals surface area contributed by atoms with E-state index in [1.54, 1.807) is 6.92 Å². The van der Waals surface area contributed by atoms with Crippen LogP contribution in [0.5, 0.6) is 11.6 Å². The average molecular weight is 448 g/mol. The van der Waals surface area contributed by atoms with Crippen molar-refractivity contribution in [3.05, 3.63) is 76.2 Å². The Kier molecular flexibility index (Phi) is 5.83. The van der Waals surface area contributed by atoms with Gasteiger partial charge in [0.2, 0.25) is 5.88 Å². The zero-order chi connectivity index (χ0) is 23.1. The molecular formula is C28H30FNO3. The van der Waals surface area contributed by atoms with Crippen LogP contribution < -0.4 is 9.47 Å². The van der Waals surface area contributed by atoms with Crippen molar-refractivity contribution in [3.8, 4) is 22.8 Å². The van der Waals surface area contributed by atoms with Crippen molar-refractivity contribution in [2.24, 2.45) is 5.92 Å². The molecule has 2 aliphatic rings. The summed E-state index contributed by atoms with van der Waals surface area (Å²) in [5.74, 6) is 2.56. The van der Waals surface area contributed by atoms with E-state index in [-0.39, 0.29) is 18.5 Å². The van der Waals surface area contributed by atoms with E-state index >= 15 is 0 Å². The molecule has 0 radical (unpaired) electrons. The molecule has 4 nitrogen and oxygen atoms in total. The zero-order valence-electron chi connectivity index (χ0n) is 19.4. The molecule has 0 spiro atoms. The molecule has 0 amide bonds. The van der Waals surface area contributed by atoms with Crippen molar-refractivity contribution in [2.45, 2.75) is 58.7 Å². The Balaban J connectivity index is 1.32. The van der Waals surface area contributed by atoms with Crippen LogP contribution in [0.2, 0.25) is 0 Å². The third kappa shape index (κ3) is 4.60. The number of pyridine rings is 1. The van der Waals surface area contributed by atoms with Gasteiger partial charge in [-0.05, 0) is 103 Å². The van der Waals surface area contributed by atoms with Crippen LogP contribution >= 0.6 is 0 Å². The van der Waals surface area contributed by atoms with Crippen LogP contribution in [0.4, 0.5) is 4.39 Å².